The van der Waals surface area contributed by atoms with Crippen LogP contribution in [0.3, 0.4) is 0 Å². The lowest BCUT2D eigenvalue weighted by molar-refractivity contribution is -0.180. The number of aliphatic carboxylic acids is 1. The molecule has 0 aliphatic heterocycles. The quantitative estimate of drug-likeness (QED) is 0.484. The van der Waals surface area contributed by atoms with E-state index in [-0.39, 0.29) is 12.0 Å². The number of esters is 1. The molecule has 4 atom stereocenters. The molecule has 0 aromatic heterocycles. The smallest absolute Gasteiger partial charge is 0.324 e. The van der Waals surface area contributed by atoms with E-state index < -0.39 is 22.8 Å². The minimum Gasteiger partial charge on any atom is -0.480 e. The topological polar surface area (TPSA) is 63.6 Å². The fourth-order valence-electron chi connectivity index (χ4n) is 2.84. The van der Waals surface area contributed by atoms with Crippen LogP contribution in [0.1, 0.15) is 40.5 Å². The first-order chi connectivity index (χ1) is 8.66. The average molecular weight is 266 g/mol. The van der Waals surface area contributed by atoms with Gasteiger partial charge in [-0.05, 0) is 31.1 Å². The minimum absolute atomic E-state index is 0.150. The van der Waals surface area contributed by atoms with Crippen LogP contribution in [0.15, 0.2) is 12.2 Å². The largest absolute Gasteiger partial charge is 0.480 e. The van der Waals surface area contributed by atoms with Crippen molar-refractivity contribution in [1.29, 1.82) is 0 Å². The number of hydrogen-bond acceptors (Lipinski definition) is 3. The molecule has 4 nitrogen and oxygen atoms in total. The van der Waals surface area contributed by atoms with Gasteiger partial charge in [-0.1, -0.05) is 32.9 Å². The Morgan fingerprint density at radius 2 is 1.79 bits per heavy atom. The maximum absolute atomic E-state index is 12.4. The number of hydrogen-bond donors (Lipinski definition) is 1. The molecular weight excluding hydrogens is 244 g/mol. The third kappa shape index (κ3) is 2.17. The van der Waals surface area contributed by atoms with Crippen LogP contribution in [0.5, 0.6) is 0 Å². The molecule has 1 saturated carbocycles. The fraction of sp³-hybridized carbons (Fsp3) is 0.733. The van der Waals surface area contributed by atoms with E-state index in [0.717, 1.165) is 12.8 Å². The lowest BCUT2D eigenvalue weighted by Gasteiger charge is -2.36. The first-order valence-corrected chi connectivity index (χ1v) is 6.79. The maximum atomic E-state index is 12.4. The van der Waals surface area contributed by atoms with E-state index in [4.69, 9.17) is 4.74 Å². The molecule has 2 bridgehead atoms. The monoisotopic (exact) mass is 266 g/mol. The molecule has 106 valence electrons. The van der Waals surface area contributed by atoms with Crippen molar-refractivity contribution in [2.45, 2.75) is 46.6 Å². The Morgan fingerprint density at radius 1 is 1.16 bits per heavy atom. The molecule has 1 N–H and O–H groups in total. The summed E-state index contributed by atoms with van der Waals surface area (Å²) in [6.07, 6.45) is 5.95. The first-order valence-electron chi connectivity index (χ1n) is 6.79. The highest BCUT2D eigenvalue weighted by Gasteiger charge is 2.54. The molecular formula is C15H22O4. The molecule has 0 spiro atoms. The van der Waals surface area contributed by atoms with Gasteiger partial charge >= 0.3 is 11.9 Å². The molecule has 0 radical (unpaired) electrons. The fourth-order valence-corrected chi connectivity index (χ4v) is 2.84. The van der Waals surface area contributed by atoms with Crippen LogP contribution in [-0.4, -0.2) is 23.1 Å². The Hall–Kier alpha value is -1.32. The highest BCUT2D eigenvalue weighted by molar-refractivity contribution is 5.99. The Kier molecular flexibility index (Phi) is 3.23. The second kappa shape index (κ2) is 4.36. The predicted molar refractivity (Wildman–Crippen MR) is 70.4 cm³/mol. The van der Waals surface area contributed by atoms with Crippen LogP contribution in [0.2, 0.25) is 0 Å². The van der Waals surface area contributed by atoms with Crippen molar-refractivity contribution in [2.24, 2.45) is 22.7 Å². The van der Waals surface area contributed by atoms with Crippen LogP contribution in [0.4, 0.5) is 0 Å². The van der Waals surface area contributed by atoms with E-state index >= 15 is 0 Å². The number of carbonyl (C=O) groups is 2. The molecule has 19 heavy (non-hydrogen) atoms. The van der Waals surface area contributed by atoms with E-state index in [1.165, 1.54) is 6.92 Å². The lowest BCUT2D eigenvalue weighted by Crippen LogP contribution is -2.49. The zero-order chi connectivity index (χ0) is 14.4. The molecule has 0 aromatic rings. The summed E-state index contributed by atoms with van der Waals surface area (Å²) in [5.74, 6) is -0.970. The van der Waals surface area contributed by atoms with Gasteiger partial charge in [-0.3, -0.25) is 9.59 Å². The summed E-state index contributed by atoms with van der Waals surface area (Å²) in [5.41, 5.74) is -2.21. The summed E-state index contributed by atoms with van der Waals surface area (Å²) in [4.78, 5) is 23.9. The lowest BCUT2D eigenvalue weighted by atomic mass is 9.68. The van der Waals surface area contributed by atoms with Gasteiger partial charge in [0.05, 0.1) is 0 Å². The third-order valence-electron chi connectivity index (χ3n) is 4.81. The third-order valence-corrected chi connectivity index (χ3v) is 4.81. The molecule has 0 heterocycles. The van der Waals surface area contributed by atoms with Crippen LogP contribution >= 0.6 is 0 Å². The number of fused-ring (bicyclic) bond motifs is 2. The number of carbonyl (C=O) groups excluding carboxylic acids is 1. The molecule has 2 rings (SSSR count). The normalized spacial score (nSPS) is 32.1. The Bertz CT molecular complexity index is 432. The molecule has 1 fully saturated rings. The molecule has 0 aromatic carbocycles. The maximum Gasteiger partial charge on any atom is 0.324 e. The molecule has 2 aliphatic carbocycles. The second-order valence-corrected chi connectivity index (χ2v) is 6.90. The van der Waals surface area contributed by atoms with E-state index in [1.807, 2.05) is 0 Å². The van der Waals surface area contributed by atoms with Gasteiger partial charge in [-0.25, -0.2) is 0 Å². The number of carboxylic acid groups (broad SMARTS) is 1. The van der Waals surface area contributed by atoms with Gasteiger partial charge in [0, 0.05) is 5.92 Å². The first kappa shape index (κ1) is 14.1. The van der Waals surface area contributed by atoms with Crippen molar-refractivity contribution in [3.63, 3.8) is 0 Å². The molecule has 0 saturated heterocycles. The van der Waals surface area contributed by atoms with Crippen LogP contribution in [0.25, 0.3) is 0 Å². The summed E-state index contributed by atoms with van der Waals surface area (Å²) in [6, 6.07) is 0. The SMILES string of the molecule is CC(C)(C)C(C)(C(=O)O)C(=O)OC1CC2C=CC1C2. The Morgan fingerprint density at radius 3 is 2.16 bits per heavy atom. The van der Waals surface area contributed by atoms with E-state index in [1.54, 1.807) is 20.8 Å². The van der Waals surface area contributed by atoms with E-state index in [2.05, 4.69) is 12.2 Å². The second-order valence-electron chi connectivity index (χ2n) is 6.90. The van der Waals surface area contributed by atoms with Gasteiger partial charge in [0.25, 0.3) is 0 Å². The zero-order valence-corrected chi connectivity index (χ0v) is 12.0. The predicted octanol–water partition coefficient (Wildman–Crippen LogP) is 2.63. The van der Waals surface area contributed by atoms with Crippen LogP contribution < -0.4 is 0 Å². The van der Waals surface area contributed by atoms with Crippen molar-refractivity contribution in [1.82, 2.24) is 0 Å². The van der Waals surface area contributed by atoms with Crippen molar-refractivity contribution >= 4 is 11.9 Å². The van der Waals surface area contributed by atoms with E-state index in [9.17, 15) is 14.7 Å². The molecule has 2 aliphatic rings. The van der Waals surface area contributed by atoms with Gasteiger partial charge in [0.2, 0.25) is 0 Å². The zero-order valence-electron chi connectivity index (χ0n) is 12.0. The molecule has 4 unspecified atom stereocenters. The number of allylic oxidation sites excluding steroid dienone is 1. The highest BCUT2D eigenvalue weighted by Crippen LogP contribution is 2.44. The summed E-state index contributed by atoms with van der Waals surface area (Å²) >= 11 is 0. The summed E-state index contributed by atoms with van der Waals surface area (Å²) in [6.45, 7) is 6.72. The van der Waals surface area contributed by atoms with Gasteiger partial charge in [0.1, 0.15) is 6.10 Å². The van der Waals surface area contributed by atoms with Crippen molar-refractivity contribution in [2.75, 3.05) is 0 Å². The van der Waals surface area contributed by atoms with Gasteiger partial charge in [0.15, 0.2) is 5.41 Å². The van der Waals surface area contributed by atoms with Gasteiger partial charge < -0.3 is 9.84 Å². The number of carboxylic acids is 1. The van der Waals surface area contributed by atoms with Crippen molar-refractivity contribution in [3.05, 3.63) is 12.2 Å². The number of rotatable bonds is 3. The Labute approximate surface area is 113 Å². The summed E-state index contributed by atoms with van der Waals surface area (Å²) in [5, 5.41) is 9.43. The van der Waals surface area contributed by atoms with Gasteiger partial charge in [-0.2, -0.15) is 0 Å². The summed E-state index contributed by atoms with van der Waals surface area (Å²) < 4.78 is 5.53. The summed E-state index contributed by atoms with van der Waals surface area (Å²) in [7, 11) is 0. The average Bonchev–Trinajstić information content (AvgIpc) is 2.87. The van der Waals surface area contributed by atoms with Crippen molar-refractivity contribution < 1.29 is 19.4 Å². The standard InChI is InChI=1S/C15H22O4/c1-14(2,3)15(4,12(16)17)13(18)19-11-8-9-5-6-10(11)7-9/h5-6,9-11H,7-8H2,1-4H3,(H,16,17). The van der Waals surface area contributed by atoms with Crippen LogP contribution in [0, 0.1) is 22.7 Å². The van der Waals surface area contributed by atoms with Crippen LogP contribution in [-0.2, 0) is 14.3 Å². The van der Waals surface area contributed by atoms with E-state index in [0.29, 0.717) is 5.92 Å². The number of ether oxygens (including phenoxy) is 1. The Balaban J connectivity index is 2.14. The highest BCUT2D eigenvalue weighted by atomic mass is 16.5. The molecule has 0 amide bonds. The minimum atomic E-state index is -1.52. The van der Waals surface area contributed by atoms with Crippen molar-refractivity contribution in [3.8, 4) is 0 Å². The van der Waals surface area contributed by atoms with Gasteiger partial charge in [-0.15, -0.1) is 0 Å². The molecule has 4 heteroatoms.